The van der Waals surface area contributed by atoms with Gasteiger partial charge in [-0.15, -0.1) is 0 Å². The highest BCUT2D eigenvalue weighted by atomic mass is 16.5. The Balaban J connectivity index is 1.67. The van der Waals surface area contributed by atoms with Crippen molar-refractivity contribution in [2.45, 2.75) is 13.0 Å². The second kappa shape index (κ2) is 7.79. The molecule has 0 atom stereocenters. The molecule has 0 spiro atoms. The third-order valence-corrected chi connectivity index (χ3v) is 3.31. The van der Waals surface area contributed by atoms with Crippen LogP contribution in [0, 0.1) is 0 Å². The van der Waals surface area contributed by atoms with Crippen molar-refractivity contribution >= 4 is 5.91 Å². The van der Waals surface area contributed by atoms with Gasteiger partial charge in [0.15, 0.2) is 0 Å². The van der Waals surface area contributed by atoms with Crippen molar-refractivity contribution in [3.05, 3.63) is 47.5 Å². The Bertz CT molecular complexity index is 474. The Kier molecular flexibility index (Phi) is 5.73. The van der Waals surface area contributed by atoms with E-state index in [0.717, 1.165) is 26.1 Å². The minimum atomic E-state index is -0.536. The first-order valence-electron chi connectivity index (χ1n) is 6.74. The third-order valence-electron chi connectivity index (χ3n) is 3.31. The Labute approximate surface area is 118 Å². The van der Waals surface area contributed by atoms with Crippen LogP contribution in [0.2, 0.25) is 0 Å². The van der Waals surface area contributed by atoms with E-state index in [0.29, 0.717) is 6.61 Å². The number of ether oxygens (including phenoxy) is 1. The highest BCUT2D eigenvalue weighted by molar-refractivity contribution is 5.75. The van der Waals surface area contributed by atoms with Crippen molar-refractivity contribution < 1.29 is 14.7 Å². The lowest BCUT2D eigenvalue weighted by Gasteiger charge is -2.27. The van der Waals surface area contributed by atoms with Gasteiger partial charge in [-0.25, -0.2) is 5.48 Å². The number of carbonyl (C=O) groups is 1. The summed E-state index contributed by atoms with van der Waals surface area (Å²) in [4.78, 5) is 13.1. The number of hydroxylamine groups is 1. The van der Waals surface area contributed by atoms with Gasteiger partial charge in [0.25, 0.3) is 5.91 Å². The molecule has 1 aliphatic rings. The van der Waals surface area contributed by atoms with Gasteiger partial charge in [-0.3, -0.25) is 14.9 Å². The summed E-state index contributed by atoms with van der Waals surface area (Å²) in [5.74, 6) is -0.536. The second-order valence-electron chi connectivity index (χ2n) is 4.78. The van der Waals surface area contributed by atoms with E-state index in [1.807, 2.05) is 12.2 Å². The Hall–Kier alpha value is -1.69. The average Bonchev–Trinajstić information content (AvgIpc) is 2.50. The molecule has 0 radical (unpaired) electrons. The van der Waals surface area contributed by atoms with Crippen molar-refractivity contribution in [1.29, 1.82) is 0 Å². The number of amides is 1. The minimum absolute atomic E-state index is 0.127. The molecule has 1 aromatic rings. The summed E-state index contributed by atoms with van der Waals surface area (Å²) < 4.78 is 5.05. The van der Waals surface area contributed by atoms with Crippen molar-refractivity contribution in [3.63, 3.8) is 0 Å². The molecule has 0 fully saturated rings. The molecule has 5 heteroatoms. The molecule has 20 heavy (non-hydrogen) atoms. The van der Waals surface area contributed by atoms with Crippen LogP contribution in [-0.2, 0) is 22.5 Å². The van der Waals surface area contributed by atoms with Gasteiger partial charge in [0.1, 0.15) is 6.61 Å². The normalized spacial score (nSPS) is 15.2. The third kappa shape index (κ3) is 4.45. The number of hydrogen-bond acceptors (Lipinski definition) is 4. The number of nitrogens with zero attached hydrogens (tertiary/aromatic N) is 1. The predicted octanol–water partition coefficient (Wildman–Crippen LogP) is 1.12. The van der Waals surface area contributed by atoms with E-state index >= 15 is 0 Å². The second-order valence-corrected chi connectivity index (χ2v) is 4.78. The molecule has 0 saturated carbocycles. The fourth-order valence-electron chi connectivity index (χ4n) is 2.25. The minimum Gasteiger partial charge on any atom is -0.368 e. The van der Waals surface area contributed by atoms with E-state index in [-0.39, 0.29) is 6.61 Å². The zero-order valence-electron chi connectivity index (χ0n) is 11.4. The van der Waals surface area contributed by atoms with Gasteiger partial charge in [0.05, 0.1) is 6.61 Å². The molecule has 0 unspecified atom stereocenters. The summed E-state index contributed by atoms with van der Waals surface area (Å²) in [6, 6.07) is 8.55. The first-order valence-corrected chi connectivity index (χ1v) is 6.74. The molecule has 1 aromatic carbocycles. The molecule has 1 heterocycles. The lowest BCUT2D eigenvalue weighted by Crippen LogP contribution is -2.30. The van der Waals surface area contributed by atoms with Crippen LogP contribution in [0.3, 0.4) is 0 Å². The molecule has 108 valence electrons. The fourth-order valence-corrected chi connectivity index (χ4v) is 2.25. The maximum Gasteiger partial charge on any atom is 0.269 e. The molecule has 5 nitrogen and oxygen atoms in total. The van der Waals surface area contributed by atoms with Gasteiger partial charge in [-0.05, 0) is 17.5 Å². The zero-order valence-corrected chi connectivity index (χ0v) is 11.4. The average molecular weight is 276 g/mol. The van der Waals surface area contributed by atoms with Gasteiger partial charge >= 0.3 is 0 Å². The molecular formula is C15H20N2O3. The predicted molar refractivity (Wildman–Crippen MR) is 75.3 cm³/mol. The largest absolute Gasteiger partial charge is 0.368 e. The maximum absolute atomic E-state index is 10.7. The van der Waals surface area contributed by atoms with Crippen molar-refractivity contribution in [2.75, 3.05) is 26.3 Å². The smallest absolute Gasteiger partial charge is 0.269 e. The van der Waals surface area contributed by atoms with Gasteiger partial charge in [0, 0.05) is 19.6 Å². The summed E-state index contributed by atoms with van der Waals surface area (Å²) in [6.07, 6.45) is 5.03. The molecule has 0 aliphatic carbocycles. The topological polar surface area (TPSA) is 61.8 Å². The fraction of sp³-hybridized carbons (Fsp3) is 0.400. The van der Waals surface area contributed by atoms with Crippen LogP contribution in [0.5, 0.6) is 0 Å². The van der Waals surface area contributed by atoms with E-state index in [4.69, 9.17) is 9.94 Å². The Morgan fingerprint density at radius 1 is 1.35 bits per heavy atom. The molecular weight excluding hydrogens is 256 g/mol. The van der Waals surface area contributed by atoms with Crippen LogP contribution in [0.15, 0.2) is 36.4 Å². The first kappa shape index (κ1) is 14.7. The molecule has 0 bridgehead atoms. The number of hydrogen-bond donors (Lipinski definition) is 2. The Morgan fingerprint density at radius 3 is 2.95 bits per heavy atom. The van der Waals surface area contributed by atoms with Crippen LogP contribution >= 0.6 is 0 Å². The van der Waals surface area contributed by atoms with Gasteiger partial charge in [0.2, 0.25) is 0 Å². The summed E-state index contributed by atoms with van der Waals surface area (Å²) in [5, 5.41) is 8.28. The highest BCUT2D eigenvalue weighted by Crippen LogP contribution is 2.17. The van der Waals surface area contributed by atoms with Crippen LogP contribution in [0.4, 0.5) is 0 Å². The van der Waals surface area contributed by atoms with Crippen LogP contribution in [0.1, 0.15) is 11.1 Å². The van der Waals surface area contributed by atoms with E-state index in [9.17, 15) is 4.79 Å². The number of rotatable bonds is 6. The van der Waals surface area contributed by atoms with Gasteiger partial charge in [-0.2, -0.15) is 0 Å². The number of nitrogens with one attached hydrogen (secondary N) is 1. The van der Waals surface area contributed by atoms with E-state index < -0.39 is 5.91 Å². The summed E-state index contributed by atoms with van der Waals surface area (Å²) in [6.45, 7) is 3.17. The summed E-state index contributed by atoms with van der Waals surface area (Å²) in [5.41, 5.74) is 4.38. The first-order chi connectivity index (χ1) is 9.79. The zero-order chi connectivity index (χ0) is 14.2. The number of benzene rings is 1. The quantitative estimate of drug-likeness (QED) is 0.354. The summed E-state index contributed by atoms with van der Waals surface area (Å²) >= 11 is 0. The van der Waals surface area contributed by atoms with E-state index in [2.05, 4.69) is 29.2 Å². The van der Waals surface area contributed by atoms with E-state index in [1.165, 1.54) is 16.6 Å². The van der Waals surface area contributed by atoms with E-state index in [1.54, 1.807) is 0 Å². The molecule has 2 N–H and O–H groups in total. The Morgan fingerprint density at radius 2 is 2.15 bits per heavy atom. The van der Waals surface area contributed by atoms with Crippen LogP contribution in [0.25, 0.3) is 0 Å². The van der Waals surface area contributed by atoms with Gasteiger partial charge < -0.3 is 4.74 Å². The number of carbonyl (C=O) groups excluding carboxylic acids is 1. The van der Waals surface area contributed by atoms with Crippen LogP contribution in [-0.4, -0.2) is 42.3 Å². The number of fused-ring (bicyclic) bond motifs is 1. The molecule has 0 saturated heterocycles. The van der Waals surface area contributed by atoms with Crippen LogP contribution < -0.4 is 5.48 Å². The van der Waals surface area contributed by atoms with Crippen molar-refractivity contribution in [3.8, 4) is 0 Å². The van der Waals surface area contributed by atoms with Gasteiger partial charge in [-0.1, -0.05) is 36.4 Å². The molecule has 1 aliphatic heterocycles. The standard InChI is InChI=1S/C15H20N2O3/c18-15(16-19)12-20-10-4-3-8-17-9-7-13-5-1-2-6-14(13)11-17/h1-6,19H,7-12H2,(H,16,18). The van der Waals surface area contributed by atoms with Crippen molar-refractivity contribution in [2.24, 2.45) is 0 Å². The lowest BCUT2D eigenvalue weighted by atomic mass is 10.00. The lowest BCUT2D eigenvalue weighted by molar-refractivity contribution is -0.133. The monoisotopic (exact) mass is 276 g/mol. The molecule has 0 aromatic heterocycles. The maximum atomic E-state index is 10.7. The highest BCUT2D eigenvalue weighted by Gasteiger charge is 2.13. The molecule has 1 amide bonds. The van der Waals surface area contributed by atoms with Crippen molar-refractivity contribution in [1.82, 2.24) is 10.4 Å². The molecule has 2 rings (SSSR count). The summed E-state index contributed by atoms with van der Waals surface area (Å²) in [7, 11) is 0. The SMILES string of the molecule is O=C(COCC=CCN1CCc2ccccc2C1)NO.